The summed E-state index contributed by atoms with van der Waals surface area (Å²) >= 11 is 7.21. The summed E-state index contributed by atoms with van der Waals surface area (Å²) in [6.45, 7) is 1.87. The number of nitrogens with one attached hydrogen (secondary N) is 1. The lowest BCUT2D eigenvalue weighted by molar-refractivity contribution is 0.0989. The number of amides is 2. The molecule has 32 heavy (non-hydrogen) atoms. The summed E-state index contributed by atoms with van der Waals surface area (Å²) in [6, 6.07) is 7.03. The van der Waals surface area contributed by atoms with Crippen LogP contribution in [-0.4, -0.2) is 40.3 Å². The monoisotopic (exact) mass is 475 g/mol. The molecule has 2 aliphatic rings. The fraction of sp³-hybridized carbons (Fsp3) is 0.435. The highest BCUT2D eigenvalue weighted by molar-refractivity contribution is 7.13. The van der Waals surface area contributed by atoms with Crippen LogP contribution in [0.4, 0.5) is 0 Å². The average Bonchev–Trinajstić information content (AvgIpc) is 3.39. The third kappa shape index (κ3) is 6.79. The zero-order chi connectivity index (χ0) is 23.1. The summed E-state index contributed by atoms with van der Waals surface area (Å²) in [5.74, 6) is -0.880. The van der Waals surface area contributed by atoms with Crippen molar-refractivity contribution in [2.24, 2.45) is 11.5 Å². The lowest BCUT2D eigenvalue weighted by Crippen LogP contribution is -2.25. The van der Waals surface area contributed by atoms with Crippen LogP contribution in [0.3, 0.4) is 0 Å². The highest BCUT2D eigenvalue weighted by atomic mass is 35.5. The lowest BCUT2D eigenvalue weighted by atomic mass is 10.0. The minimum absolute atomic E-state index is 0.400. The van der Waals surface area contributed by atoms with Gasteiger partial charge in [0.1, 0.15) is 5.69 Å². The maximum Gasteiger partial charge on any atom is 0.277 e. The number of benzene rings is 1. The van der Waals surface area contributed by atoms with Crippen molar-refractivity contribution in [1.29, 1.82) is 0 Å². The van der Waals surface area contributed by atoms with Gasteiger partial charge in [0.25, 0.3) is 11.8 Å². The van der Waals surface area contributed by atoms with Gasteiger partial charge in [-0.2, -0.15) is 0 Å². The number of halogens is 1. The highest BCUT2D eigenvalue weighted by Crippen LogP contribution is 2.24. The number of thiazole rings is 1. The molecule has 2 amide bonds. The molecule has 0 atom stereocenters. The highest BCUT2D eigenvalue weighted by Gasteiger charge is 2.19. The molecule has 2 aromatic heterocycles. The summed E-state index contributed by atoms with van der Waals surface area (Å²) in [7, 11) is 2.05. The molecule has 3 aromatic rings. The zero-order valence-electron chi connectivity index (χ0n) is 18.3. The first kappa shape index (κ1) is 24.2. The number of H-pyrrole nitrogens is 1. The van der Waals surface area contributed by atoms with Gasteiger partial charge in [-0.1, -0.05) is 50.1 Å². The number of aromatic amines is 1. The molecule has 1 fully saturated rings. The summed E-state index contributed by atoms with van der Waals surface area (Å²) in [6.07, 6.45) is 9.98. The maximum atomic E-state index is 10.9. The molecule has 7 nitrogen and oxygen atoms in total. The number of fused-ring (bicyclic) bond motifs is 2. The Bertz CT molecular complexity index is 1060. The Hall–Kier alpha value is -2.42. The van der Waals surface area contributed by atoms with E-state index in [1.54, 1.807) is 18.2 Å². The van der Waals surface area contributed by atoms with Crippen molar-refractivity contribution in [1.82, 2.24) is 14.9 Å². The second-order valence-electron chi connectivity index (χ2n) is 8.14. The Morgan fingerprint density at radius 3 is 2.31 bits per heavy atom. The lowest BCUT2D eigenvalue weighted by Gasteiger charge is -2.20. The van der Waals surface area contributed by atoms with Gasteiger partial charge in [-0.25, -0.2) is 4.98 Å². The van der Waals surface area contributed by atoms with Crippen molar-refractivity contribution < 1.29 is 9.59 Å². The van der Waals surface area contributed by atoms with E-state index in [9.17, 15) is 9.59 Å². The van der Waals surface area contributed by atoms with Crippen molar-refractivity contribution in [2.75, 3.05) is 13.6 Å². The number of carbonyl (C=O) groups is 2. The summed E-state index contributed by atoms with van der Waals surface area (Å²) in [5, 5.41) is 1.98. The smallest absolute Gasteiger partial charge is 0.277 e. The molecule has 1 aliphatic heterocycles. The van der Waals surface area contributed by atoms with E-state index in [4.69, 9.17) is 23.1 Å². The molecule has 0 saturated heterocycles. The Kier molecular flexibility index (Phi) is 8.67. The molecular formula is C23H30ClN5O2S. The molecule has 0 radical (unpaired) electrons. The van der Waals surface area contributed by atoms with E-state index >= 15 is 0 Å². The van der Waals surface area contributed by atoms with Crippen LogP contribution in [0.25, 0.3) is 10.9 Å². The third-order valence-corrected chi connectivity index (χ3v) is 6.88. The van der Waals surface area contributed by atoms with Crippen LogP contribution in [0.2, 0.25) is 5.02 Å². The second kappa shape index (κ2) is 11.4. The van der Waals surface area contributed by atoms with E-state index in [1.165, 1.54) is 54.7 Å². The third-order valence-electron chi connectivity index (χ3n) is 5.48. The van der Waals surface area contributed by atoms with Gasteiger partial charge in [0.05, 0.1) is 5.69 Å². The molecule has 1 saturated carbocycles. The van der Waals surface area contributed by atoms with Crippen LogP contribution in [0.15, 0.2) is 24.3 Å². The number of likely N-dealkylation sites (N-methyl/N-ethyl adjacent to an activating group) is 1. The van der Waals surface area contributed by atoms with Crippen molar-refractivity contribution in [3.63, 3.8) is 0 Å². The zero-order valence-corrected chi connectivity index (χ0v) is 19.9. The topological polar surface area (TPSA) is 118 Å². The van der Waals surface area contributed by atoms with Gasteiger partial charge in [-0.15, -0.1) is 11.3 Å². The van der Waals surface area contributed by atoms with E-state index in [0.717, 1.165) is 36.1 Å². The Morgan fingerprint density at radius 1 is 1.06 bits per heavy atom. The standard InChI is InChI=1S/C9H7ClN2O.C8H11N3OS.C6H12/c10-6-1-2-7-5(3-6)4-8(12-7)9(11)13;1-11-3-2-6-5(4-11)10-8(13-6)7(9)12;1-2-4-6-5-3-1/h1-4,12H,(H2,11,13);2-4H2,1H3,(H2,9,12);1-6H2. The fourth-order valence-corrected chi connectivity index (χ4v) is 4.82. The molecule has 5 N–H and O–H groups in total. The molecule has 9 heteroatoms. The van der Waals surface area contributed by atoms with E-state index in [0.29, 0.717) is 15.7 Å². The minimum Gasteiger partial charge on any atom is -0.364 e. The van der Waals surface area contributed by atoms with Crippen LogP contribution < -0.4 is 11.5 Å². The number of rotatable bonds is 2. The maximum absolute atomic E-state index is 10.9. The summed E-state index contributed by atoms with van der Waals surface area (Å²) < 4.78 is 0. The van der Waals surface area contributed by atoms with Crippen LogP contribution in [0.5, 0.6) is 0 Å². The van der Waals surface area contributed by atoms with E-state index < -0.39 is 11.8 Å². The van der Waals surface area contributed by atoms with Crippen LogP contribution in [0, 0.1) is 0 Å². The quantitative estimate of drug-likeness (QED) is 0.505. The summed E-state index contributed by atoms with van der Waals surface area (Å²) in [5.41, 5.74) is 12.5. The van der Waals surface area contributed by atoms with Crippen LogP contribution >= 0.6 is 22.9 Å². The van der Waals surface area contributed by atoms with Crippen molar-refractivity contribution in [2.45, 2.75) is 51.5 Å². The van der Waals surface area contributed by atoms with E-state index in [-0.39, 0.29) is 0 Å². The Labute approximate surface area is 197 Å². The van der Waals surface area contributed by atoms with E-state index in [2.05, 4.69) is 14.9 Å². The molecule has 3 heterocycles. The first-order chi connectivity index (χ1) is 15.3. The molecule has 5 rings (SSSR count). The van der Waals surface area contributed by atoms with Gasteiger partial charge in [-0.3, -0.25) is 9.59 Å². The number of aromatic nitrogens is 2. The number of carbonyl (C=O) groups excluding carboxylic acids is 2. The molecule has 0 unspecified atom stereocenters. The van der Waals surface area contributed by atoms with Crippen molar-refractivity contribution in [3.05, 3.63) is 50.6 Å². The first-order valence-electron chi connectivity index (χ1n) is 10.9. The number of hydrogen-bond donors (Lipinski definition) is 3. The Balaban J connectivity index is 0.000000145. The van der Waals surface area contributed by atoms with Crippen molar-refractivity contribution >= 4 is 45.7 Å². The normalized spacial score (nSPS) is 15.7. The van der Waals surface area contributed by atoms with Gasteiger partial charge in [-0.05, 0) is 37.7 Å². The van der Waals surface area contributed by atoms with Gasteiger partial charge in [0.2, 0.25) is 0 Å². The average molecular weight is 476 g/mol. The van der Waals surface area contributed by atoms with Crippen molar-refractivity contribution in [3.8, 4) is 0 Å². The molecule has 0 spiro atoms. The van der Waals surface area contributed by atoms with Gasteiger partial charge in [0.15, 0.2) is 5.01 Å². The Morgan fingerprint density at radius 2 is 1.72 bits per heavy atom. The SMILES string of the molecule is C1CCCCC1.CN1CCc2sc(C(N)=O)nc2C1.NC(=O)c1cc2cc(Cl)ccc2[nH]1. The molecule has 1 aliphatic carbocycles. The largest absolute Gasteiger partial charge is 0.364 e. The van der Waals surface area contributed by atoms with Crippen LogP contribution in [0.1, 0.15) is 69.4 Å². The van der Waals surface area contributed by atoms with Gasteiger partial charge >= 0.3 is 0 Å². The first-order valence-corrected chi connectivity index (χ1v) is 12.1. The molecular weight excluding hydrogens is 446 g/mol. The molecule has 172 valence electrons. The van der Waals surface area contributed by atoms with Gasteiger partial charge < -0.3 is 21.4 Å². The predicted molar refractivity (Wildman–Crippen MR) is 130 cm³/mol. The van der Waals surface area contributed by atoms with E-state index in [1.807, 2.05) is 13.1 Å². The minimum atomic E-state index is -0.465. The summed E-state index contributed by atoms with van der Waals surface area (Å²) in [4.78, 5) is 32.2. The number of nitrogens with two attached hydrogens (primary N) is 2. The second-order valence-corrected chi connectivity index (χ2v) is 9.66. The molecule has 1 aromatic carbocycles. The number of primary amides is 2. The fourth-order valence-electron chi connectivity index (χ4n) is 3.73. The number of nitrogens with zero attached hydrogens (tertiary/aromatic N) is 2. The van der Waals surface area contributed by atoms with Crippen LogP contribution in [-0.2, 0) is 13.0 Å². The number of hydrogen-bond acceptors (Lipinski definition) is 5. The molecule has 0 bridgehead atoms. The predicted octanol–water partition coefficient (Wildman–Crippen LogP) is 4.49. The van der Waals surface area contributed by atoms with Gasteiger partial charge in [0, 0.05) is 33.9 Å².